The quantitative estimate of drug-likeness (QED) is 0.818. The van der Waals surface area contributed by atoms with Gasteiger partial charge < -0.3 is 9.64 Å². The van der Waals surface area contributed by atoms with Gasteiger partial charge in [0.1, 0.15) is 6.04 Å². The second-order valence-corrected chi connectivity index (χ2v) is 5.95. The summed E-state index contributed by atoms with van der Waals surface area (Å²) < 4.78 is 5.46. The van der Waals surface area contributed by atoms with E-state index < -0.39 is 0 Å². The molecule has 0 saturated carbocycles. The third-order valence-electron chi connectivity index (χ3n) is 4.67. The number of likely N-dealkylation sites (N-methyl/N-ethyl adjacent to an activating group) is 1. The third kappa shape index (κ3) is 3.24. The zero-order valence-electron chi connectivity index (χ0n) is 12.6. The molecule has 2 aliphatic heterocycles. The molecule has 0 aromatic carbocycles. The number of likely N-dealkylation sites (tertiary alicyclic amines) is 1. The maximum Gasteiger partial charge on any atom is 0.242 e. The van der Waals surface area contributed by atoms with Crippen LogP contribution in [0, 0.1) is 0 Å². The highest BCUT2D eigenvalue weighted by Crippen LogP contribution is 2.28. The summed E-state index contributed by atoms with van der Waals surface area (Å²) >= 11 is 0. The molecule has 1 aromatic rings. The molecule has 21 heavy (non-hydrogen) atoms. The zero-order chi connectivity index (χ0) is 14.7. The summed E-state index contributed by atoms with van der Waals surface area (Å²) in [4.78, 5) is 20.8. The molecule has 3 heterocycles. The minimum absolute atomic E-state index is 0.101. The van der Waals surface area contributed by atoms with Crippen molar-refractivity contribution in [2.45, 2.75) is 24.8 Å². The minimum Gasteiger partial charge on any atom is -0.378 e. The summed E-state index contributed by atoms with van der Waals surface area (Å²) in [7, 11) is 2.01. The van der Waals surface area contributed by atoms with Crippen LogP contribution in [0.1, 0.15) is 24.3 Å². The predicted molar refractivity (Wildman–Crippen MR) is 80.0 cm³/mol. The average molecular weight is 289 g/mol. The van der Waals surface area contributed by atoms with Gasteiger partial charge in [-0.1, -0.05) is 0 Å². The Bertz CT molecular complexity index is 472. The Morgan fingerprint density at radius 1 is 1.24 bits per heavy atom. The number of carbonyl (C=O) groups is 1. The molecule has 2 saturated heterocycles. The summed E-state index contributed by atoms with van der Waals surface area (Å²) in [5.41, 5.74) is 1.34. The van der Waals surface area contributed by atoms with Crippen molar-refractivity contribution in [1.29, 1.82) is 0 Å². The lowest BCUT2D eigenvalue weighted by Crippen LogP contribution is -2.54. The molecule has 5 nitrogen and oxygen atoms in total. The number of aromatic nitrogens is 1. The van der Waals surface area contributed by atoms with Gasteiger partial charge in [-0.15, -0.1) is 0 Å². The molecular weight excluding hydrogens is 266 g/mol. The fourth-order valence-corrected chi connectivity index (χ4v) is 3.23. The second-order valence-electron chi connectivity index (χ2n) is 5.95. The average Bonchev–Trinajstić information content (AvgIpc) is 2.56. The normalized spacial score (nSPS) is 25.0. The van der Waals surface area contributed by atoms with Crippen LogP contribution in [-0.2, 0) is 9.53 Å². The Labute approximate surface area is 125 Å². The lowest BCUT2D eigenvalue weighted by atomic mass is 9.90. The first-order valence-corrected chi connectivity index (χ1v) is 7.72. The molecule has 2 aliphatic rings. The standard InChI is InChI=1S/C16H23N3O2/c1-18-10-11-21-12-15(18)16(20)19-8-4-14(5-9-19)13-2-6-17-7-3-13/h2-3,6-7,14-15H,4-5,8-12H2,1H3/t15-/m0/s1. The Hall–Kier alpha value is -1.46. The maximum atomic E-state index is 12.6. The molecule has 0 N–H and O–H groups in total. The molecule has 3 rings (SSSR count). The van der Waals surface area contributed by atoms with Crippen molar-refractivity contribution in [2.75, 3.05) is 39.9 Å². The number of rotatable bonds is 2. The van der Waals surface area contributed by atoms with E-state index >= 15 is 0 Å². The number of ether oxygens (including phenoxy) is 1. The van der Waals surface area contributed by atoms with Gasteiger partial charge in [0.05, 0.1) is 13.2 Å². The maximum absolute atomic E-state index is 12.6. The van der Waals surface area contributed by atoms with Crippen molar-refractivity contribution in [1.82, 2.24) is 14.8 Å². The van der Waals surface area contributed by atoms with Crippen LogP contribution < -0.4 is 0 Å². The first-order valence-electron chi connectivity index (χ1n) is 7.72. The first kappa shape index (κ1) is 14.5. The van der Waals surface area contributed by atoms with Crippen LogP contribution in [0.5, 0.6) is 0 Å². The Morgan fingerprint density at radius 3 is 2.62 bits per heavy atom. The molecule has 0 unspecified atom stereocenters. The van der Waals surface area contributed by atoms with Crippen molar-refractivity contribution < 1.29 is 9.53 Å². The molecule has 2 fully saturated rings. The molecule has 1 amide bonds. The minimum atomic E-state index is -0.101. The lowest BCUT2D eigenvalue weighted by molar-refractivity contribution is -0.143. The van der Waals surface area contributed by atoms with E-state index in [1.807, 2.05) is 24.3 Å². The SMILES string of the molecule is CN1CCOC[C@H]1C(=O)N1CCC(c2ccncc2)CC1. The van der Waals surface area contributed by atoms with Gasteiger partial charge in [-0.25, -0.2) is 0 Å². The van der Waals surface area contributed by atoms with E-state index in [0.29, 0.717) is 12.5 Å². The van der Waals surface area contributed by atoms with Crippen LogP contribution in [-0.4, -0.2) is 66.6 Å². The molecule has 1 aromatic heterocycles. The third-order valence-corrected chi connectivity index (χ3v) is 4.67. The monoisotopic (exact) mass is 289 g/mol. The van der Waals surface area contributed by atoms with E-state index in [1.54, 1.807) is 0 Å². The number of carbonyl (C=O) groups excluding carboxylic acids is 1. The fraction of sp³-hybridized carbons (Fsp3) is 0.625. The van der Waals surface area contributed by atoms with Crippen LogP contribution in [0.4, 0.5) is 0 Å². The molecular formula is C16H23N3O2. The highest BCUT2D eigenvalue weighted by Gasteiger charge is 2.32. The van der Waals surface area contributed by atoms with E-state index in [2.05, 4.69) is 22.0 Å². The highest BCUT2D eigenvalue weighted by molar-refractivity contribution is 5.82. The van der Waals surface area contributed by atoms with Crippen LogP contribution in [0.25, 0.3) is 0 Å². The van der Waals surface area contributed by atoms with Crippen molar-refractivity contribution in [3.63, 3.8) is 0 Å². The number of hydrogen-bond donors (Lipinski definition) is 0. The molecule has 0 aliphatic carbocycles. The topological polar surface area (TPSA) is 45.7 Å². The lowest BCUT2D eigenvalue weighted by Gasteiger charge is -2.38. The van der Waals surface area contributed by atoms with E-state index in [1.165, 1.54) is 5.56 Å². The summed E-state index contributed by atoms with van der Waals surface area (Å²) in [5.74, 6) is 0.780. The van der Waals surface area contributed by atoms with Crippen LogP contribution in [0.3, 0.4) is 0 Å². The molecule has 0 bridgehead atoms. The molecule has 0 spiro atoms. The highest BCUT2D eigenvalue weighted by atomic mass is 16.5. The van der Waals surface area contributed by atoms with Gasteiger partial charge in [-0.05, 0) is 43.5 Å². The van der Waals surface area contributed by atoms with Gasteiger partial charge in [0.15, 0.2) is 0 Å². The molecule has 0 radical (unpaired) electrons. The number of nitrogens with zero attached hydrogens (tertiary/aromatic N) is 3. The van der Waals surface area contributed by atoms with Crippen LogP contribution >= 0.6 is 0 Å². The molecule has 114 valence electrons. The van der Waals surface area contributed by atoms with Gasteiger partial charge in [-0.2, -0.15) is 0 Å². The van der Waals surface area contributed by atoms with Crippen molar-refractivity contribution in [3.05, 3.63) is 30.1 Å². The number of amides is 1. The van der Waals surface area contributed by atoms with E-state index in [4.69, 9.17) is 4.74 Å². The Morgan fingerprint density at radius 2 is 1.95 bits per heavy atom. The van der Waals surface area contributed by atoms with Crippen molar-refractivity contribution in [3.8, 4) is 0 Å². The van der Waals surface area contributed by atoms with Crippen molar-refractivity contribution in [2.24, 2.45) is 0 Å². The molecule has 1 atom stereocenters. The zero-order valence-corrected chi connectivity index (χ0v) is 12.6. The second kappa shape index (κ2) is 6.54. The van der Waals surface area contributed by atoms with Gasteiger partial charge in [-0.3, -0.25) is 14.7 Å². The number of piperidine rings is 1. The first-order chi connectivity index (χ1) is 10.3. The van der Waals surface area contributed by atoms with Gasteiger partial charge in [0.25, 0.3) is 0 Å². The number of morpholine rings is 1. The Kier molecular flexibility index (Phi) is 4.51. The summed E-state index contributed by atoms with van der Waals surface area (Å²) in [6, 6.07) is 4.08. The van der Waals surface area contributed by atoms with Crippen molar-refractivity contribution >= 4 is 5.91 Å². The van der Waals surface area contributed by atoms with Crippen LogP contribution in [0.15, 0.2) is 24.5 Å². The van der Waals surface area contributed by atoms with E-state index in [9.17, 15) is 4.79 Å². The molecule has 5 heteroatoms. The largest absolute Gasteiger partial charge is 0.378 e. The summed E-state index contributed by atoms with van der Waals surface area (Å²) in [6.45, 7) is 3.78. The predicted octanol–water partition coefficient (Wildman–Crippen LogP) is 1.12. The van der Waals surface area contributed by atoms with Gasteiger partial charge >= 0.3 is 0 Å². The summed E-state index contributed by atoms with van der Waals surface area (Å²) in [5, 5.41) is 0. The fourth-order valence-electron chi connectivity index (χ4n) is 3.23. The van der Waals surface area contributed by atoms with Gasteiger partial charge in [0, 0.05) is 32.0 Å². The number of pyridine rings is 1. The Balaban J connectivity index is 1.57. The van der Waals surface area contributed by atoms with Gasteiger partial charge in [0.2, 0.25) is 5.91 Å². The number of hydrogen-bond acceptors (Lipinski definition) is 4. The van der Waals surface area contributed by atoms with E-state index in [-0.39, 0.29) is 11.9 Å². The summed E-state index contributed by atoms with van der Waals surface area (Å²) in [6.07, 6.45) is 5.77. The smallest absolute Gasteiger partial charge is 0.242 e. The van der Waals surface area contributed by atoms with E-state index in [0.717, 1.165) is 39.1 Å². The van der Waals surface area contributed by atoms with Crippen LogP contribution in [0.2, 0.25) is 0 Å².